The minimum Gasteiger partial charge on any atom is -0.506 e. The zero-order valence-electron chi connectivity index (χ0n) is 11.8. The van der Waals surface area contributed by atoms with Crippen molar-refractivity contribution in [2.75, 3.05) is 5.32 Å². The molecule has 23 heavy (non-hydrogen) atoms. The number of rotatable bonds is 5. The van der Waals surface area contributed by atoms with Gasteiger partial charge in [0.05, 0.1) is 21.6 Å². The summed E-state index contributed by atoms with van der Waals surface area (Å²) >= 11 is 0. The summed E-state index contributed by atoms with van der Waals surface area (Å²) in [5.41, 5.74) is -1.23. The molecule has 11 nitrogen and oxygen atoms in total. The molecule has 0 atom stereocenters. The minimum atomic E-state index is -0.861. The molecule has 0 spiro atoms. The Morgan fingerprint density at radius 3 is 2.57 bits per heavy atom. The third kappa shape index (κ3) is 3.07. The van der Waals surface area contributed by atoms with Crippen LogP contribution in [0, 0.1) is 20.2 Å². The maximum Gasteiger partial charge on any atom is 0.320 e. The van der Waals surface area contributed by atoms with E-state index in [1.807, 2.05) is 0 Å². The predicted molar refractivity (Wildman–Crippen MR) is 77.3 cm³/mol. The van der Waals surface area contributed by atoms with E-state index in [4.69, 9.17) is 0 Å². The Bertz CT molecular complexity index is 799. The number of hydrogen-bond acceptors (Lipinski definition) is 7. The van der Waals surface area contributed by atoms with Crippen molar-refractivity contribution >= 4 is 23.0 Å². The monoisotopic (exact) mass is 321 g/mol. The first kappa shape index (κ1) is 15.9. The molecule has 1 aromatic heterocycles. The molecule has 0 aliphatic heterocycles. The van der Waals surface area contributed by atoms with Gasteiger partial charge in [-0.2, -0.15) is 5.10 Å². The van der Waals surface area contributed by atoms with Crippen LogP contribution in [0.3, 0.4) is 0 Å². The van der Waals surface area contributed by atoms with Crippen LogP contribution in [0.15, 0.2) is 24.4 Å². The van der Waals surface area contributed by atoms with Crippen LogP contribution in [0.2, 0.25) is 0 Å². The topological polar surface area (TPSA) is 153 Å². The smallest absolute Gasteiger partial charge is 0.320 e. The third-order valence-electron chi connectivity index (χ3n) is 2.97. The number of nitrogens with one attached hydrogen (secondary N) is 1. The number of carbonyl (C=O) groups is 1. The molecule has 0 fully saturated rings. The number of benzene rings is 1. The maximum absolute atomic E-state index is 12.2. The summed E-state index contributed by atoms with van der Waals surface area (Å²) in [6.45, 7) is 1.87. The van der Waals surface area contributed by atoms with Gasteiger partial charge in [-0.15, -0.1) is 0 Å². The van der Waals surface area contributed by atoms with Crippen LogP contribution in [0.25, 0.3) is 0 Å². The Hall–Kier alpha value is -3.50. The summed E-state index contributed by atoms with van der Waals surface area (Å²) in [6, 6.07) is 3.08. The molecule has 11 heteroatoms. The van der Waals surface area contributed by atoms with Gasteiger partial charge in [-0.3, -0.25) is 29.7 Å². The van der Waals surface area contributed by atoms with E-state index in [0.29, 0.717) is 0 Å². The summed E-state index contributed by atoms with van der Waals surface area (Å²) in [7, 11) is 0. The number of amides is 1. The number of carbonyl (C=O) groups excluding carboxylic acids is 1. The Balaban J connectivity index is 2.35. The number of nitrogens with zero attached hydrogens (tertiary/aromatic N) is 4. The average molecular weight is 321 g/mol. The summed E-state index contributed by atoms with van der Waals surface area (Å²) in [6.07, 6.45) is 0.952. The zero-order chi connectivity index (χ0) is 17.1. The van der Waals surface area contributed by atoms with E-state index in [-0.39, 0.29) is 23.6 Å². The van der Waals surface area contributed by atoms with E-state index >= 15 is 0 Å². The maximum atomic E-state index is 12.2. The number of aromatic hydroxyl groups is 1. The van der Waals surface area contributed by atoms with Gasteiger partial charge < -0.3 is 10.4 Å². The number of aromatic nitrogens is 2. The van der Waals surface area contributed by atoms with E-state index in [1.54, 1.807) is 6.92 Å². The minimum absolute atomic E-state index is 0.112. The van der Waals surface area contributed by atoms with Gasteiger partial charge in [0.15, 0.2) is 0 Å². The van der Waals surface area contributed by atoms with Gasteiger partial charge >= 0.3 is 5.69 Å². The molecule has 120 valence electrons. The molecule has 2 aromatic rings. The predicted octanol–water partition coefficient (Wildman–Crippen LogP) is 1.68. The first-order valence-electron chi connectivity index (χ1n) is 6.34. The lowest BCUT2D eigenvalue weighted by Gasteiger charge is -2.08. The Kier molecular flexibility index (Phi) is 4.21. The summed E-state index contributed by atoms with van der Waals surface area (Å²) in [5.74, 6) is -1.39. The van der Waals surface area contributed by atoms with Gasteiger partial charge in [-0.1, -0.05) is 0 Å². The quantitative estimate of drug-likeness (QED) is 0.482. The molecular weight excluding hydrogens is 310 g/mol. The molecule has 0 aliphatic rings. The van der Waals surface area contributed by atoms with Gasteiger partial charge in [-0.25, -0.2) is 0 Å². The lowest BCUT2D eigenvalue weighted by Crippen LogP contribution is -2.18. The average Bonchev–Trinajstić information content (AvgIpc) is 2.93. The highest BCUT2D eigenvalue weighted by atomic mass is 16.6. The number of hydrogen-bond donors (Lipinski definition) is 2. The summed E-state index contributed by atoms with van der Waals surface area (Å²) < 4.78 is 1.13. The van der Waals surface area contributed by atoms with E-state index in [1.165, 1.54) is 0 Å². The van der Waals surface area contributed by atoms with E-state index in [0.717, 1.165) is 29.1 Å². The van der Waals surface area contributed by atoms with Crippen molar-refractivity contribution < 1.29 is 19.7 Å². The fourth-order valence-corrected chi connectivity index (χ4v) is 1.90. The Morgan fingerprint density at radius 1 is 1.35 bits per heavy atom. The molecule has 0 aliphatic carbocycles. The molecule has 1 heterocycles. The van der Waals surface area contributed by atoms with Gasteiger partial charge in [0, 0.05) is 12.6 Å². The lowest BCUT2D eigenvalue weighted by molar-refractivity contribution is -0.385. The van der Waals surface area contributed by atoms with Crippen LogP contribution in [0.5, 0.6) is 5.75 Å². The fourth-order valence-electron chi connectivity index (χ4n) is 1.90. The largest absolute Gasteiger partial charge is 0.506 e. The first-order chi connectivity index (χ1) is 10.8. The standard InChI is InChI=1S/C12H11N5O6/c1-2-15-11(9(6-13-15)17(22)23)12(19)14-8-4-3-7(16(20)21)5-10(8)18/h3-6,18H,2H2,1H3,(H,14,19). The fraction of sp³-hybridized carbons (Fsp3) is 0.167. The summed E-state index contributed by atoms with van der Waals surface area (Å²) in [4.78, 5) is 32.3. The number of aryl methyl sites for hydroxylation is 1. The third-order valence-corrected chi connectivity index (χ3v) is 2.97. The van der Waals surface area contributed by atoms with Crippen molar-refractivity contribution in [3.05, 3.63) is 50.3 Å². The molecule has 0 saturated heterocycles. The molecule has 0 saturated carbocycles. The highest BCUT2D eigenvalue weighted by Gasteiger charge is 2.27. The van der Waals surface area contributed by atoms with Crippen molar-refractivity contribution in [1.82, 2.24) is 9.78 Å². The molecule has 0 bridgehead atoms. The van der Waals surface area contributed by atoms with Crippen molar-refractivity contribution in [2.24, 2.45) is 0 Å². The van der Waals surface area contributed by atoms with E-state index < -0.39 is 27.2 Å². The molecule has 1 amide bonds. The zero-order valence-corrected chi connectivity index (χ0v) is 11.8. The van der Waals surface area contributed by atoms with Crippen LogP contribution in [-0.2, 0) is 6.54 Å². The van der Waals surface area contributed by atoms with Crippen molar-refractivity contribution in [3.8, 4) is 5.75 Å². The molecule has 1 aromatic carbocycles. The number of phenolic OH excluding ortho intramolecular Hbond substituents is 1. The number of anilines is 1. The highest BCUT2D eigenvalue weighted by Crippen LogP contribution is 2.29. The number of phenols is 1. The van der Waals surface area contributed by atoms with Crippen LogP contribution in [0.4, 0.5) is 17.1 Å². The van der Waals surface area contributed by atoms with Gasteiger partial charge in [-0.05, 0) is 13.0 Å². The van der Waals surface area contributed by atoms with Gasteiger partial charge in [0.2, 0.25) is 5.69 Å². The second kappa shape index (κ2) is 6.09. The SMILES string of the molecule is CCn1ncc([N+](=O)[O-])c1C(=O)Nc1ccc([N+](=O)[O-])cc1O. The van der Waals surface area contributed by atoms with Crippen LogP contribution in [-0.4, -0.2) is 30.6 Å². The second-order valence-electron chi connectivity index (χ2n) is 4.36. The van der Waals surface area contributed by atoms with E-state index in [9.17, 15) is 30.1 Å². The molecule has 2 rings (SSSR count). The molecular formula is C12H11N5O6. The highest BCUT2D eigenvalue weighted by molar-refractivity contribution is 6.06. The summed E-state index contributed by atoms with van der Waals surface area (Å²) in [5, 5.41) is 37.3. The van der Waals surface area contributed by atoms with Crippen LogP contribution in [0.1, 0.15) is 17.4 Å². The van der Waals surface area contributed by atoms with Crippen molar-refractivity contribution in [3.63, 3.8) is 0 Å². The first-order valence-corrected chi connectivity index (χ1v) is 6.34. The lowest BCUT2D eigenvalue weighted by atomic mass is 10.2. The van der Waals surface area contributed by atoms with Crippen molar-refractivity contribution in [1.29, 1.82) is 0 Å². The van der Waals surface area contributed by atoms with Crippen LogP contribution < -0.4 is 5.32 Å². The molecule has 0 unspecified atom stereocenters. The normalized spacial score (nSPS) is 10.3. The molecule has 0 radical (unpaired) electrons. The van der Waals surface area contributed by atoms with Gasteiger partial charge in [0.1, 0.15) is 11.9 Å². The number of nitro groups is 2. The molecule has 2 N–H and O–H groups in total. The Morgan fingerprint density at radius 2 is 2.04 bits per heavy atom. The Labute approximate surface area is 128 Å². The van der Waals surface area contributed by atoms with Crippen molar-refractivity contribution in [2.45, 2.75) is 13.5 Å². The number of non-ortho nitro benzene ring substituents is 1. The van der Waals surface area contributed by atoms with Gasteiger partial charge in [0.25, 0.3) is 11.6 Å². The van der Waals surface area contributed by atoms with Crippen LogP contribution >= 0.6 is 0 Å². The second-order valence-corrected chi connectivity index (χ2v) is 4.36. The number of nitro benzene ring substituents is 1. The van der Waals surface area contributed by atoms with E-state index in [2.05, 4.69) is 10.4 Å².